The lowest BCUT2D eigenvalue weighted by Crippen LogP contribution is -2.27. The molecule has 0 atom stereocenters. The van der Waals surface area contributed by atoms with E-state index in [1.54, 1.807) is 13.4 Å². The van der Waals surface area contributed by atoms with Gasteiger partial charge in [0.05, 0.1) is 25.6 Å². The third-order valence-corrected chi connectivity index (χ3v) is 4.20. The Kier molecular flexibility index (Phi) is 4.03. The van der Waals surface area contributed by atoms with E-state index in [4.69, 9.17) is 25.8 Å². The highest BCUT2D eigenvalue weighted by atomic mass is 32.1. The summed E-state index contributed by atoms with van der Waals surface area (Å²) >= 11 is 5.35. The van der Waals surface area contributed by atoms with Gasteiger partial charge in [-0.2, -0.15) is 0 Å². The fraction of sp³-hybridized carbons (Fsp3) is 0.105. The first kappa shape index (κ1) is 15.5. The van der Waals surface area contributed by atoms with Crippen LogP contribution in [-0.2, 0) is 6.54 Å². The summed E-state index contributed by atoms with van der Waals surface area (Å²) in [5, 5.41) is 8.79. The molecular formula is C19H16N2O3S. The Hall–Kier alpha value is -2.99. The molecule has 4 aromatic rings. The summed E-state index contributed by atoms with van der Waals surface area (Å²) in [5.41, 5.74) is 2.36. The van der Waals surface area contributed by atoms with Crippen molar-refractivity contribution in [3.05, 3.63) is 60.6 Å². The Morgan fingerprint density at radius 1 is 1.08 bits per heavy atom. The molecule has 0 aliphatic rings. The fourth-order valence-corrected chi connectivity index (χ4v) is 2.95. The van der Waals surface area contributed by atoms with Crippen LogP contribution >= 0.6 is 12.2 Å². The van der Waals surface area contributed by atoms with Gasteiger partial charge in [0.1, 0.15) is 22.7 Å². The third kappa shape index (κ3) is 3.04. The van der Waals surface area contributed by atoms with Crippen molar-refractivity contribution < 1.29 is 13.6 Å². The third-order valence-electron chi connectivity index (χ3n) is 3.95. The van der Waals surface area contributed by atoms with Gasteiger partial charge in [-0.15, -0.1) is 0 Å². The zero-order valence-corrected chi connectivity index (χ0v) is 14.4. The summed E-state index contributed by atoms with van der Waals surface area (Å²) in [4.78, 5) is 0. The van der Waals surface area contributed by atoms with Gasteiger partial charge in [0.25, 0.3) is 0 Å². The summed E-state index contributed by atoms with van der Waals surface area (Å²) in [6.45, 7) is 0.508. The molecule has 2 heterocycles. The first-order valence-electron chi connectivity index (χ1n) is 7.81. The number of thiocarbonyl (C=S) groups is 1. The second kappa shape index (κ2) is 6.49. The maximum absolute atomic E-state index is 5.92. The van der Waals surface area contributed by atoms with Crippen molar-refractivity contribution in [2.75, 3.05) is 12.4 Å². The molecule has 0 amide bonds. The van der Waals surface area contributed by atoms with E-state index in [1.807, 2.05) is 48.5 Å². The van der Waals surface area contributed by atoms with Gasteiger partial charge in [0.2, 0.25) is 0 Å². The number of ether oxygens (including phenoxy) is 1. The molecule has 4 rings (SSSR count). The summed E-state index contributed by atoms with van der Waals surface area (Å²) in [7, 11) is 1.63. The number of hydrogen-bond acceptors (Lipinski definition) is 4. The van der Waals surface area contributed by atoms with Gasteiger partial charge in [-0.3, -0.25) is 0 Å². The fourth-order valence-electron chi connectivity index (χ4n) is 2.77. The zero-order valence-electron chi connectivity index (χ0n) is 13.5. The highest BCUT2D eigenvalue weighted by molar-refractivity contribution is 7.80. The highest BCUT2D eigenvalue weighted by Crippen LogP contribution is 2.36. The minimum absolute atomic E-state index is 0.477. The minimum Gasteiger partial charge on any atom is -0.495 e. The molecule has 5 nitrogen and oxygen atoms in total. The minimum atomic E-state index is 0.477. The van der Waals surface area contributed by atoms with Gasteiger partial charge in [0, 0.05) is 16.8 Å². The van der Waals surface area contributed by atoms with E-state index < -0.39 is 0 Å². The second-order valence-electron chi connectivity index (χ2n) is 5.53. The van der Waals surface area contributed by atoms with Crippen LogP contribution in [0.1, 0.15) is 5.76 Å². The SMILES string of the molecule is COc1cc2c(cc1NC(=S)NCc1ccco1)oc1ccccc12. The maximum Gasteiger partial charge on any atom is 0.171 e. The van der Waals surface area contributed by atoms with Crippen molar-refractivity contribution in [3.8, 4) is 5.75 Å². The number of rotatable bonds is 4. The first-order chi connectivity index (χ1) is 12.2. The largest absolute Gasteiger partial charge is 0.495 e. The molecule has 2 aromatic heterocycles. The highest BCUT2D eigenvalue weighted by Gasteiger charge is 2.13. The summed E-state index contributed by atoms with van der Waals surface area (Å²) < 4.78 is 16.7. The predicted molar refractivity (Wildman–Crippen MR) is 102 cm³/mol. The zero-order chi connectivity index (χ0) is 17.2. The Bertz CT molecular complexity index is 1040. The second-order valence-corrected chi connectivity index (χ2v) is 5.94. The number of methoxy groups -OCH3 is 1. The van der Waals surface area contributed by atoms with E-state index in [1.165, 1.54) is 0 Å². The quantitative estimate of drug-likeness (QED) is 0.520. The van der Waals surface area contributed by atoms with Crippen molar-refractivity contribution in [1.82, 2.24) is 5.32 Å². The Balaban J connectivity index is 1.61. The first-order valence-corrected chi connectivity index (χ1v) is 8.22. The van der Waals surface area contributed by atoms with E-state index in [2.05, 4.69) is 10.6 Å². The molecular weight excluding hydrogens is 336 g/mol. The lowest BCUT2D eigenvalue weighted by Gasteiger charge is -2.13. The van der Waals surface area contributed by atoms with Crippen molar-refractivity contribution >= 4 is 45.0 Å². The van der Waals surface area contributed by atoms with Crippen LogP contribution in [0.2, 0.25) is 0 Å². The van der Waals surface area contributed by atoms with Crippen LogP contribution in [0, 0.1) is 0 Å². The number of nitrogens with one attached hydrogen (secondary N) is 2. The molecule has 0 spiro atoms. The van der Waals surface area contributed by atoms with E-state index in [9.17, 15) is 0 Å². The molecule has 0 saturated heterocycles. The van der Waals surface area contributed by atoms with E-state index in [0.29, 0.717) is 17.4 Å². The molecule has 25 heavy (non-hydrogen) atoms. The van der Waals surface area contributed by atoms with Crippen LogP contribution < -0.4 is 15.4 Å². The van der Waals surface area contributed by atoms with Crippen LogP contribution in [0.3, 0.4) is 0 Å². The molecule has 0 saturated carbocycles. The maximum atomic E-state index is 5.92. The van der Waals surface area contributed by atoms with Crippen LogP contribution in [0.25, 0.3) is 21.9 Å². The number of benzene rings is 2. The number of fused-ring (bicyclic) bond motifs is 3. The molecule has 0 aliphatic carbocycles. The van der Waals surface area contributed by atoms with Crippen molar-refractivity contribution in [2.24, 2.45) is 0 Å². The number of furan rings is 2. The van der Waals surface area contributed by atoms with Crippen LogP contribution in [0.15, 0.2) is 63.6 Å². The van der Waals surface area contributed by atoms with Gasteiger partial charge >= 0.3 is 0 Å². The summed E-state index contributed by atoms with van der Waals surface area (Å²) in [6.07, 6.45) is 1.63. The van der Waals surface area contributed by atoms with Crippen molar-refractivity contribution in [1.29, 1.82) is 0 Å². The molecule has 0 fully saturated rings. The van der Waals surface area contributed by atoms with E-state index in [0.717, 1.165) is 33.4 Å². The number of para-hydroxylation sites is 1. The Morgan fingerprint density at radius 3 is 2.76 bits per heavy atom. The van der Waals surface area contributed by atoms with Crippen LogP contribution in [0.5, 0.6) is 5.75 Å². The van der Waals surface area contributed by atoms with Crippen molar-refractivity contribution in [3.63, 3.8) is 0 Å². The molecule has 6 heteroatoms. The Labute approximate surface area is 149 Å². The van der Waals surface area contributed by atoms with Gasteiger partial charge < -0.3 is 24.2 Å². The smallest absolute Gasteiger partial charge is 0.171 e. The molecule has 0 bridgehead atoms. The predicted octanol–water partition coefficient (Wildman–Crippen LogP) is 4.67. The van der Waals surface area contributed by atoms with E-state index in [-0.39, 0.29) is 0 Å². The topological polar surface area (TPSA) is 59.6 Å². The van der Waals surface area contributed by atoms with Gasteiger partial charge in [-0.05, 0) is 36.5 Å². The Morgan fingerprint density at radius 2 is 1.96 bits per heavy atom. The molecule has 2 aromatic carbocycles. The summed E-state index contributed by atoms with van der Waals surface area (Å²) in [5.74, 6) is 1.50. The lowest BCUT2D eigenvalue weighted by atomic mass is 10.1. The molecule has 2 N–H and O–H groups in total. The molecule has 0 unspecified atom stereocenters. The average Bonchev–Trinajstić information content (AvgIpc) is 3.26. The normalized spacial score (nSPS) is 10.9. The molecule has 126 valence electrons. The number of anilines is 1. The van der Waals surface area contributed by atoms with Crippen LogP contribution in [-0.4, -0.2) is 12.2 Å². The molecule has 0 radical (unpaired) electrons. The van der Waals surface area contributed by atoms with Gasteiger partial charge in [0.15, 0.2) is 5.11 Å². The monoisotopic (exact) mass is 352 g/mol. The van der Waals surface area contributed by atoms with Crippen LogP contribution in [0.4, 0.5) is 5.69 Å². The van der Waals surface area contributed by atoms with Gasteiger partial charge in [-0.25, -0.2) is 0 Å². The standard InChI is InChI=1S/C19H16N2O3S/c1-22-18-9-14-13-6-2-3-7-16(13)24-17(14)10-15(18)21-19(25)20-11-12-5-4-8-23-12/h2-10H,11H2,1H3,(H2,20,21,25). The van der Waals surface area contributed by atoms with Gasteiger partial charge in [-0.1, -0.05) is 18.2 Å². The van der Waals surface area contributed by atoms with Crippen molar-refractivity contribution in [2.45, 2.75) is 6.54 Å². The van der Waals surface area contributed by atoms with E-state index >= 15 is 0 Å². The number of hydrogen-bond donors (Lipinski definition) is 2. The molecule has 0 aliphatic heterocycles. The summed E-state index contributed by atoms with van der Waals surface area (Å²) in [6, 6.07) is 15.5. The lowest BCUT2D eigenvalue weighted by molar-refractivity contribution is 0.417. The average molecular weight is 352 g/mol.